The number of amides is 1. The fraction of sp³-hybridized carbons (Fsp3) is 0.522. The lowest BCUT2D eigenvalue weighted by Crippen LogP contribution is -2.50. The van der Waals surface area contributed by atoms with Gasteiger partial charge in [-0.2, -0.15) is 0 Å². The lowest BCUT2D eigenvalue weighted by atomic mass is 10.1. The first kappa shape index (κ1) is 25.3. The molecule has 2 aliphatic rings. The van der Waals surface area contributed by atoms with E-state index in [0.29, 0.717) is 31.9 Å². The van der Waals surface area contributed by atoms with Crippen LogP contribution < -0.4 is 9.80 Å². The molecule has 0 aliphatic carbocycles. The van der Waals surface area contributed by atoms with Crippen molar-refractivity contribution >= 4 is 29.4 Å². The summed E-state index contributed by atoms with van der Waals surface area (Å²) in [5.41, 5.74) is -0.259. The number of para-hydroxylation sites is 1. The third kappa shape index (κ3) is 5.41. The molecular formula is C23H30FN3O7. The molecule has 0 atom stereocenters. The minimum Gasteiger partial charge on any atom is -0.466 e. The maximum Gasteiger partial charge on any atom is 0.410 e. The summed E-state index contributed by atoms with van der Waals surface area (Å²) in [6.45, 7) is 6.62. The van der Waals surface area contributed by atoms with Crippen LogP contribution in [0.3, 0.4) is 0 Å². The van der Waals surface area contributed by atoms with Gasteiger partial charge in [-0.3, -0.25) is 0 Å². The van der Waals surface area contributed by atoms with E-state index in [1.807, 2.05) is 4.90 Å². The van der Waals surface area contributed by atoms with Crippen molar-refractivity contribution in [3.05, 3.63) is 35.3 Å². The highest BCUT2D eigenvalue weighted by molar-refractivity contribution is 6.04. The molecule has 186 valence electrons. The van der Waals surface area contributed by atoms with E-state index in [2.05, 4.69) is 0 Å². The number of halogens is 1. The normalized spacial score (nSPS) is 16.9. The summed E-state index contributed by atoms with van der Waals surface area (Å²) in [7, 11) is 2.36. The Bertz CT molecular complexity index is 981. The number of benzene rings is 1. The summed E-state index contributed by atoms with van der Waals surface area (Å²) in [5, 5.41) is 0. The van der Waals surface area contributed by atoms with Crippen LogP contribution in [0, 0.1) is 5.82 Å². The number of piperazine rings is 1. The number of ether oxygens (including phenoxy) is 4. The molecule has 0 N–H and O–H groups in total. The highest BCUT2D eigenvalue weighted by atomic mass is 19.1. The number of hydrogen-bond donors (Lipinski definition) is 0. The van der Waals surface area contributed by atoms with Crippen LogP contribution in [-0.4, -0.2) is 82.3 Å². The van der Waals surface area contributed by atoms with E-state index in [1.54, 1.807) is 37.8 Å². The monoisotopic (exact) mass is 479 g/mol. The van der Waals surface area contributed by atoms with E-state index in [1.165, 1.54) is 25.2 Å². The van der Waals surface area contributed by atoms with Gasteiger partial charge in [0.25, 0.3) is 0 Å². The second kappa shape index (κ2) is 10.3. The Morgan fingerprint density at radius 1 is 1.00 bits per heavy atom. The van der Waals surface area contributed by atoms with E-state index in [4.69, 9.17) is 18.9 Å². The Kier molecular flexibility index (Phi) is 7.65. The summed E-state index contributed by atoms with van der Waals surface area (Å²) in [6, 6.07) is 4.53. The van der Waals surface area contributed by atoms with E-state index >= 15 is 4.39 Å². The van der Waals surface area contributed by atoms with Gasteiger partial charge in [-0.05, 0) is 32.9 Å². The van der Waals surface area contributed by atoms with Crippen molar-refractivity contribution in [2.24, 2.45) is 0 Å². The van der Waals surface area contributed by atoms with Gasteiger partial charge in [0.15, 0.2) is 0 Å². The minimum absolute atomic E-state index is 0.0646. The van der Waals surface area contributed by atoms with Crippen molar-refractivity contribution in [1.82, 2.24) is 4.90 Å². The van der Waals surface area contributed by atoms with Crippen molar-refractivity contribution < 1.29 is 37.7 Å². The highest BCUT2D eigenvalue weighted by Crippen LogP contribution is 2.37. The SMILES string of the molecule is COC(=O)C1=C(C(=O)OC)N(c2c(F)cccc2N2CCN(C(=O)OC(C)(C)C)CC2)COC1. The third-order valence-electron chi connectivity index (χ3n) is 5.34. The lowest BCUT2D eigenvalue weighted by Gasteiger charge is -2.39. The molecule has 2 heterocycles. The maximum atomic E-state index is 15.2. The largest absolute Gasteiger partial charge is 0.466 e. The van der Waals surface area contributed by atoms with E-state index in [0.717, 1.165) is 0 Å². The predicted molar refractivity (Wildman–Crippen MR) is 121 cm³/mol. The lowest BCUT2D eigenvalue weighted by molar-refractivity contribution is -0.140. The zero-order valence-electron chi connectivity index (χ0n) is 20.1. The van der Waals surface area contributed by atoms with Crippen LogP contribution >= 0.6 is 0 Å². The van der Waals surface area contributed by atoms with Gasteiger partial charge in [0.05, 0.1) is 32.1 Å². The maximum absolute atomic E-state index is 15.2. The smallest absolute Gasteiger partial charge is 0.410 e. The van der Waals surface area contributed by atoms with E-state index in [-0.39, 0.29) is 30.3 Å². The Hall–Kier alpha value is -3.34. The molecule has 0 saturated carbocycles. The second-order valence-corrected chi connectivity index (χ2v) is 8.78. The van der Waals surface area contributed by atoms with E-state index in [9.17, 15) is 14.4 Å². The van der Waals surface area contributed by atoms with Crippen LogP contribution in [0.25, 0.3) is 0 Å². The first-order chi connectivity index (χ1) is 16.1. The van der Waals surface area contributed by atoms with Gasteiger partial charge in [-0.15, -0.1) is 0 Å². The van der Waals surface area contributed by atoms with Crippen molar-refractivity contribution in [2.75, 3.05) is 63.5 Å². The summed E-state index contributed by atoms with van der Waals surface area (Å²) in [4.78, 5) is 42.1. The molecule has 34 heavy (non-hydrogen) atoms. The molecule has 3 rings (SSSR count). The van der Waals surface area contributed by atoms with Crippen LogP contribution in [0.5, 0.6) is 0 Å². The molecule has 0 radical (unpaired) electrons. The second-order valence-electron chi connectivity index (χ2n) is 8.78. The Balaban J connectivity index is 1.93. The van der Waals surface area contributed by atoms with Gasteiger partial charge < -0.3 is 33.6 Å². The molecule has 0 bridgehead atoms. The number of anilines is 2. The molecule has 0 unspecified atom stereocenters. The molecular weight excluding hydrogens is 449 g/mol. The van der Waals surface area contributed by atoms with Crippen molar-refractivity contribution in [3.63, 3.8) is 0 Å². The number of hydrogen-bond acceptors (Lipinski definition) is 9. The van der Waals surface area contributed by atoms with Crippen LogP contribution in [0.15, 0.2) is 29.5 Å². The van der Waals surface area contributed by atoms with Crippen LogP contribution in [0.1, 0.15) is 20.8 Å². The van der Waals surface area contributed by atoms with Crippen LogP contribution in [0.4, 0.5) is 20.6 Å². The molecule has 11 heteroatoms. The first-order valence-corrected chi connectivity index (χ1v) is 10.8. The number of carbonyl (C=O) groups is 3. The first-order valence-electron chi connectivity index (χ1n) is 10.8. The average molecular weight is 480 g/mol. The third-order valence-corrected chi connectivity index (χ3v) is 5.34. The molecule has 1 aromatic rings. The number of methoxy groups -OCH3 is 2. The number of rotatable bonds is 4. The van der Waals surface area contributed by atoms with E-state index < -0.39 is 29.5 Å². The summed E-state index contributed by atoms with van der Waals surface area (Å²) < 4.78 is 35.8. The van der Waals surface area contributed by atoms with Gasteiger partial charge in [0.2, 0.25) is 0 Å². The molecule has 1 fully saturated rings. The highest BCUT2D eigenvalue weighted by Gasteiger charge is 2.36. The number of nitrogens with zero attached hydrogens (tertiary/aromatic N) is 3. The molecule has 0 spiro atoms. The topological polar surface area (TPSA) is 97.9 Å². The zero-order chi connectivity index (χ0) is 25.0. The quantitative estimate of drug-likeness (QED) is 0.476. The summed E-state index contributed by atoms with van der Waals surface area (Å²) >= 11 is 0. The summed E-state index contributed by atoms with van der Waals surface area (Å²) in [6.07, 6.45) is -0.408. The van der Waals surface area contributed by atoms with Crippen LogP contribution in [0.2, 0.25) is 0 Å². The van der Waals surface area contributed by atoms with Crippen molar-refractivity contribution in [1.29, 1.82) is 0 Å². The molecule has 10 nitrogen and oxygen atoms in total. The molecule has 1 saturated heterocycles. The predicted octanol–water partition coefficient (Wildman–Crippen LogP) is 2.28. The molecule has 0 aromatic heterocycles. The zero-order valence-corrected chi connectivity index (χ0v) is 20.1. The average Bonchev–Trinajstić information content (AvgIpc) is 2.81. The number of esters is 2. The van der Waals surface area contributed by atoms with Gasteiger partial charge >= 0.3 is 18.0 Å². The Morgan fingerprint density at radius 3 is 2.24 bits per heavy atom. The van der Waals surface area contributed by atoms with Gasteiger partial charge in [-0.25, -0.2) is 18.8 Å². The van der Waals surface area contributed by atoms with Gasteiger partial charge in [0, 0.05) is 26.2 Å². The van der Waals surface area contributed by atoms with Gasteiger partial charge in [0.1, 0.15) is 29.5 Å². The van der Waals surface area contributed by atoms with Crippen LogP contribution in [-0.2, 0) is 28.5 Å². The van der Waals surface area contributed by atoms with Crippen molar-refractivity contribution in [3.8, 4) is 0 Å². The Morgan fingerprint density at radius 2 is 1.65 bits per heavy atom. The summed E-state index contributed by atoms with van der Waals surface area (Å²) in [5.74, 6) is -2.19. The molecule has 2 aliphatic heterocycles. The van der Waals surface area contributed by atoms with Crippen molar-refractivity contribution in [2.45, 2.75) is 26.4 Å². The fourth-order valence-corrected chi connectivity index (χ4v) is 3.80. The van der Waals surface area contributed by atoms with Gasteiger partial charge in [-0.1, -0.05) is 6.07 Å². The fourth-order valence-electron chi connectivity index (χ4n) is 3.80. The molecule has 1 aromatic carbocycles. The standard InChI is InChI=1S/C23H30FN3O7/c1-23(2,3)34-22(30)26-11-9-25(10-12-26)17-8-6-7-16(24)19(17)27-14-33-13-15(20(28)31-4)18(27)21(29)32-5/h6-8H,9-14H2,1-5H3. The number of carbonyl (C=O) groups excluding carboxylic acids is 3. The molecule has 1 amide bonds. The Labute approximate surface area is 197 Å². The minimum atomic E-state index is -0.812.